The van der Waals surface area contributed by atoms with Crippen molar-refractivity contribution in [2.24, 2.45) is 0 Å². The summed E-state index contributed by atoms with van der Waals surface area (Å²) < 4.78 is 40.9. The van der Waals surface area contributed by atoms with Gasteiger partial charge in [-0.1, -0.05) is 23.7 Å². The Bertz CT molecular complexity index is 1250. The van der Waals surface area contributed by atoms with Crippen LogP contribution in [0.5, 0.6) is 17.2 Å². The Morgan fingerprint density at radius 1 is 0.933 bits per heavy atom. The molecule has 152 valence electrons. The zero-order valence-electron chi connectivity index (χ0n) is 15.7. The third-order valence-electron chi connectivity index (χ3n) is 4.36. The first-order valence-electron chi connectivity index (χ1n) is 8.78. The summed E-state index contributed by atoms with van der Waals surface area (Å²) in [6.07, 6.45) is 1.59. The van der Waals surface area contributed by atoms with Crippen molar-refractivity contribution in [1.29, 1.82) is 0 Å². The molecule has 1 aliphatic heterocycles. The predicted molar refractivity (Wildman–Crippen MR) is 112 cm³/mol. The molecule has 0 aliphatic carbocycles. The van der Waals surface area contributed by atoms with Crippen LogP contribution in [0.15, 0.2) is 77.4 Å². The number of ether oxygens (including phenoxy) is 2. The fourth-order valence-electron chi connectivity index (χ4n) is 2.85. The van der Waals surface area contributed by atoms with Crippen LogP contribution < -0.4 is 13.7 Å². The summed E-state index contributed by atoms with van der Waals surface area (Å²) in [5, 5.41) is 0.582. The van der Waals surface area contributed by atoms with E-state index in [1.165, 1.54) is 49.6 Å². The van der Waals surface area contributed by atoms with Gasteiger partial charge in [0.15, 0.2) is 5.76 Å². The van der Waals surface area contributed by atoms with Gasteiger partial charge < -0.3 is 13.7 Å². The van der Waals surface area contributed by atoms with Crippen molar-refractivity contribution in [1.82, 2.24) is 0 Å². The van der Waals surface area contributed by atoms with Crippen molar-refractivity contribution in [2.45, 2.75) is 4.90 Å². The first-order valence-corrected chi connectivity index (χ1v) is 10.6. The fourth-order valence-corrected chi connectivity index (χ4v) is 3.90. The first kappa shape index (κ1) is 20.0. The zero-order chi connectivity index (χ0) is 21.3. The van der Waals surface area contributed by atoms with Crippen molar-refractivity contribution in [2.75, 3.05) is 7.11 Å². The molecular weight excluding hydrogens is 428 g/mol. The number of benzene rings is 3. The molecule has 3 aromatic carbocycles. The number of methoxy groups -OCH3 is 1. The molecular formula is C22H15ClO6S. The minimum Gasteiger partial charge on any atom is -0.497 e. The van der Waals surface area contributed by atoms with Gasteiger partial charge in [-0.3, -0.25) is 4.79 Å². The topological polar surface area (TPSA) is 78.9 Å². The molecule has 6 nitrogen and oxygen atoms in total. The SMILES string of the molecule is COc1ccc(S(=O)(=O)Oc2ccc3c(c2)O/C(=C\c2ccc(Cl)cc2)C3=O)cc1. The van der Waals surface area contributed by atoms with Gasteiger partial charge in [-0.05, 0) is 60.2 Å². The maximum absolute atomic E-state index is 12.6. The largest absolute Gasteiger partial charge is 0.497 e. The van der Waals surface area contributed by atoms with Crippen LogP contribution in [0.25, 0.3) is 6.08 Å². The summed E-state index contributed by atoms with van der Waals surface area (Å²) in [4.78, 5) is 12.5. The molecule has 4 rings (SSSR count). The van der Waals surface area contributed by atoms with Crippen molar-refractivity contribution in [3.63, 3.8) is 0 Å². The van der Waals surface area contributed by atoms with E-state index < -0.39 is 10.1 Å². The van der Waals surface area contributed by atoms with Crippen LogP contribution in [0, 0.1) is 0 Å². The van der Waals surface area contributed by atoms with E-state index in [1.54, 1.807) is 30.3 Å². The van der Waals surface area contributed by atoms with E-state index in [2.05, 4.69) is 0 Å². The summed E-state index contributed by atoms with van der Waals surface area (Å²) >= 11 is 5.87. The lowest BCUT2D eigenvalue weighted by molar-refractivity contribution is 0.101. The monoisotopic (exact) mass is 442 g/mol. The molecule has 0 N–H and O–H groups in total. The van der Waals surface area contributed by atoms with E-state index in [0.29, 0.717) is 16.3 Å². The van der Waals surface area contributed by atoms with Gasteiger partial charge >= 0.3 is 10.1 Å². The van der Waals surface area contributed by atoms with Crippen molar-refractivity contribution in [3.05, 3.63) is 88.6 Å². The summed E-state index contributed by atoms with van der Waals surface area (Å²) in [6.45, 7) is 0. The highest BCUT2D eigenvalue weighted by molar-refractivity contribution is 7.87. The number of carbonyl (C=O) groups is 1. The summed E-state index contributed by atoms with van der Waals surface area (Å²) in [5.74, 6) is 0.609. The Hall–Kier alpha value is -3.29. The van der Waals surface area contributed by atoms with Gasteiger partial charge in [0, 0.05) is 11.1 Å². The highest BCUT2D eigenvalue weighted by Gasteiger charge is 2.28. The molecule has 0 saturated heterocycles. The lowest BCUT2D eigenvalue weighted by Crippen LogP contribution is -2.09. The van der Waals surface area contributed by atoms with Crippen LogP contribution in [0.4, 0.5) is 0 Å². The molecule has 8 heteroatoms. The summed E-state index contributed by atoms with van der Waals surface area (Å²) in [6, 6.07) is 17.0. The molecule has 0 fully saturated rings. The molecule has 30 heavy (non-hydrogen) atoms. The normalized spacial score (nSPS) is 14.3. The molecule has 0 bridgehead atoms. The number of hydrogen-bond donors (Lipinski definition) is 0. The number of rotatable bonds is 5. The molecule has 3 aromatic rings. The predicted octanol–water partition coefficient (Wildman–Crippen LogP) is 4.73. The van der Waals surface area contributed by atoms with E-state index in [9.17, 15) is 13.2 Å². The second-order valence-corrected chi connectivity index (χ2v) is 8.35. The van der Waals surface area contributed by atoms with Gasteiger partial charge in [-0.25, -0.2) is 0 Å². The average molecular weight is 443 g/mol. The number of Topliss-reactive ketones (excluding diaryl/α,β-unsaturated/α-hetero) is 1. The standard InChI is InChI=1S/C22H15ClO6S/c1-27-16-6-9-18(10-7-16)30(25,26)29-17-8-11-19-20(13-17)28-21(22(19)24)12-14-2-4-15(23)5-3-14/h2-13H,1H3/b21-12-. The van der Waals surface area contributed by atoms with Crippen molar-refractivity contribution < 1.29 is 26.9 Å². The zero-order valence-corrected chi connectivity index (χ0v) is 17.2. The highest BCUT2D eigenvalue weighted by atomic mass is 35.5. The fraction of sp³-hybridized carbons (Fsp3) is 0.0455. The third-order valence-corrected chi connectivity index (χ3v) is 5.88. The number of ketones is 1. The van der Waals surface area contributed by atoms with Gasteiger partial charge in [0.2, 0.25) is 5.78 Å². The maximum Gasteiger partial charge on any atom is 0.339 e. The number of fused-ring (bicyclic) bond motifs is 1. The van der Waals surface area contributed by atoms with E-state index in [0.717, 1.165) is 5.56 Å². The Morgan fingerprint density at radius 2 is 1.60 bits per heavy atom. The molecule has 1 heterocycles. The Balaban J connectivity index is 1.57. The second kappa shape index (κ2) is 7.85. The lowest BCUT2D eigenvalue weighted by Gasteiger charge is -2.08. The third kappa shape index (κ3) is 4.03. The van der Waals surface area contributed by atoms with E-state index in [4.69, 9.17) is 25.3 Å². The van der Waals surface area contributed by atoms with E-state index in [1.807, 2.05) is 0 Å². The number of hydrogen-bond acceptors (Lipinski definition) is 6. The van der Waals surface area contributed by atoms with Crippen LogP contribution in [0.3, 0.4) is 0 Å². The van der Waals surface area contributed by atoms with Gasteiger partial charge in [0.05, 0.1) is 12.7 Å². The van der Waals surface area contributed by atoms with Gasteiger partial charge in [-0.2, -0.15) is 8.42 Å². The minimum atomic E-state index is -4.06. The smallest absolute Gasteiger partial charge is 0.339 e. The van der Waals surface area contributed by atoms with Crippen LogP contribution in [-0.4, -0.2) is 21.3 Å². The summed E-state index contributed by atoms with van der Waals surface area (Å²) in [5.41, 5.74) is 1.07. The molecule has 1 aliphatic rings. The first-order chi connectivity index (χ1) is 14.4. The average Bonchev–Trinajstić information content (AvgIpc) is 3.04. The van der Waals surface area contributed by atoms with E-state index in [-0.39, 0.29) is 27.9 Å². The highest BCUT2D eigenvalue weighted by Crippen LogP contribution is 2.35. The maximum atomic E-state index is 12.6. The molecule has 0 radical (unpaired) electrons. The molecule has 0 aromatic heterocycles. The van der Waals surface area contributed by atoms with Gasteiger partial charge in [0.1, 0.15) is 22.1 Å². The van der Waals surface area contributed by atoms with E-state index >= 15 is 0 Å². The molecule has 0 saturated carbocycles. The molecule has 0 amide bonds. The second-order valence-electron chi connectivity index (χ2n) is 6.36. The van der Waals surface area contributed by atoms with Crippen LogP contribution in [-0.2, 0) is 10.1 Å². The number of carbonyl (C=O) groups excluding carboxylic acids is 1. The Kier molecular flexibility index (Phi) is 5.24. The molecule has 0 spiro atoms. The molecule has 0 unspecified atom stereocenters. The molecule has 0 atom stereocenters. The Morgan fingerprint density at radius 3 is 2.27 bits per heavy atom. The number of halogens is 1. The summed E-state index contributed by atoms with van der Waals surface area (Å²) in [7, 11) is -2.57. The Labute approximate surface area is 178 Å². The lowest BCUT2D eigenvalue weighted by atomic mass is 10.1. The minimum absolute atomic E-state index is 0.0240. The van der Waals surface area contributed by atoms with Crippen LogP contribution in [0.1, 0.15) is 15.9 Å². The van der Waals surface area contributed by atoms with Crippen LogP contribution >= 0.6 is 11.6 Å². The van der Waals surface area contributed by atoms with Gasteiger partial charge in [-0.15, -0.1) is 0 Å². The number of allylic oxidation sites excluding steroid dienone is 1. The van der Waals surface area contributed by atoms with Crippen LogP contribution in [0.2, 0.25) is 5.02 Å². The van der Waals surface area contributed by atoms with Gasteiger partial charge in [0.25, 0.3) is 0 Å². The van der Waals surface area contributed by atoms with Crippen molar-refractivity contribution in [3.8, 4) is 17.2 Å². The van der Waals surface area contributed by atoms with Crippen molar-refractivity contribution >= 4 is 33.6 Å². The quantitative estimate of drug-likeness (QED) is 0.419.